The molecule has 2 heterocycles. The lowest BCUT2D eigenvalue weighted by Gasteiger charge is -2.34. The predicted octanol–water partition coefficient (Wildman–Crippen LogP) is 1.96. The summed E-state index contributed by atoms with van der Waals surface area (Å²) in [6.07, 6.45) is -4.23. The number of aliphatic hydroxyl groups is 2. The molecule has 1 aromatic heterocycles. The molecule has 3 unspecified atom stereocenters. The summed E-state index contributed by atoms with van der Waals surface area (Å²) in [7, 11) is 0. The van der Waals surface area contributed by atoms with Crippen LogP contribution in [0.3, 0.4) is 0 Å². The number of aryl methyl sites for hydroxylation is 1. The summed E-state index contributed by atoms with van der Waals surface area (Å²) in [5.41, 5.74) is -0.898. The highest BCUT2D eigenvalue weighted by atomic mass is 19.4. The van der Waals surface area contributed by atoms with Crippen LogP contribution in [0.1, 0.15) is 31.8 Å². The van der Waals surface area contributed by atoms with Crippen molar-refractivity contribution in [2.45, 2.75) is 51.7 Å². The van der Waals surface area contributed by atoms with Crippen molar-refractivity contribution in [2.24, 2.45) is 5.92 Å². The minimum Gasteiger partial charge on any atom is -0.390 e. The van der Waals surface area contributed by atoms with E-state index >= 15 is 0 Å². The zero-order valence-electron chi connectivity index (χ0n) is 12.7. The van der Waals surface area contributed by atoms with Gasteiger partial charge in [0.25, 0.3) is 0 Å². The fourth-order valence-electron chi connectivity index (χ4n) is 2.01. The van der Waals surface area contributed by atoms with Crippen LogP contribution in [-0.4, -0.2) is 45.1 Å². The van der Waals surface area contributed by atoms with Crippen LogP contribution in [0.2, 0.25) is 0 Å². The monoisotopic (exact) mass is 322 g/mol. The number of rotatable bonds is 1. The lowest BCUT2D eigenvalue weighted by molar-refractivity contribution is -0.149. The Balaban J connectivity index is 0.000000220. The molecule has 2 rings (SSSR count). The molecule has 1 aliphatic rings. The van der Waals surface area contributed by atoms with Crippen molar-refractivity contribution in [1.82, 2.24) is 9.97 Å². The van der Waals surface area contributed by atoms with E-state index in [0.717, 1.165) is 12.3 Å². The van der Waals surface area contributed by atoms with Crippen molar-refractivity contribution in [1.29, 1.82) is 0 Å². The Kier molecular flexibility index (Phi) is 6.70. The fourth-order valence-corrected chi connectivity index (χ4v) is 2.01. The summed E-state index contributed by atoms with van der Waals surface area (Å²) in [4.78, 5) is 6.75. The van der Waals surface area contributed by atoms with E-state index < -0.39 is 24.1 Å². The van der Waals surface area contributed by atoms with E-state index in [1.165, 1.54) is 6.92 Å². The Bertz CT molecular complexity index is 469. The van der Waals surface area contributed by atoms with Crippen LogP contribution in [0.15, 0.2) is 12.3 Å². The fraction of sp³-hybridized carbons (Fsp3) is 0.714. The molecule has 0 radical (unpaired) electrons. The van der Waals surface area contributed by atoms with Gasteiger partial charge in [0, 0.05) is 12.8 Å². The van der Waals surface area contributed by atoms with E-state index in [0.29, 0.717) is 13.0 Å². The number of halogens is 3. The molecule has 0 bridgehead atoms. The van der Waals surface area contributed by atoms with Crippen LogP contribution >= 0.6 is 0 Å². The standard InChI is InChI=1S/C8H16O3.C6H5F3N2/c1-5(2)8-7(10)6(9)3-4-11-8;1-4-10-3-2-5(11-4)6(7,8)9/h5-10H,3-4H2,1-2H3;2-3H,1H3. The first kappa shape index (κ1) is 18.8. The van der Waals surface area contributed by atoms with E-state index in [1.54, 1.807) is 0 Å². The van der Waals surface area contributed by atoms with Gasteiger partial charge in [-0.2, -0.15) is 13.2 Å². The molecule has 22 heavy (non-hydrogen) atoms. The van der Waals surface area contributed by atoms with Crippen LogP contribution in [0.5, 0.6) is 0 Å². The molecular formula is C14H21F3N2O3. The van der Waals surface area contributed by atoms with Gasteiger partial charge in [0.15, 0.2) is 0 Å². The Hall–Kier alpha value is -1.25. The summed E-state index contributed by atoms with van der Waals surface area (Å²) < 4.78 is 40.9. The molecule has 1 aliphatic heterocycles. The maximum Gasteiger partial charge on any atom is 0.433 e. The van der Waals surface area contributed by atoms with Crippen LogP contribution in [0, 0.1) is 12.8 Å². The Morgan fingerprint density at radius 3 is 2.36 bits per heavy atom. The van der Waals surface area contributed by atoms with Crippen LogP contribution in [0.25, 0.3) is 0 Å². The maximum atomic E-state index is 11.9. The Morgan fingerprint density at radius 1 is 1.32 bits per heavy atom. The van der Waals surface area contributed by atoms with E-state index in [1.807, 2.05) is 13.8 Å². The van der Waals surface area contributed by atoms with Crippen molar-refractivity contribution < 1.29 is 28.1 Å². The minimum absolute atomic E-state index is 0.125. The number of nitrogens with zero attached hydrogens (tertiary/aromatic N) is 2. The van der Waals surface area contributed by atoms with Crippen molar-refractivity contribution >= 4 is 0 Å². The summed E-state index contributed by atoms with van der Waals surface area (Å²) in [6.45, 7) is 5.92. The summed E-state index contributed by atoms with van der Waals surface area (Å²) in [5, 5.41) is 18.7. The van der Waals surface area contributed by atoms with Crippen molar-refractivity contribution in [3.63, 3.8) is 0 Å². The van der Waals surface area contributed by atoms with Crippen molar-refractivity contribution in [3.05, 3.63) is 23.8 Å². The smallest absolute Gasteiger partial charge is 0.390 e. The Labute approximate surface area is 127 Å². The second kappa shape index (κ2) is 7.85. The predicted molar refractivity (Wildman–Crippen MR) is 73.0 cm³/mol. The summed E-state index contributed by atoms with van der Waals surface area (Å²) in [6, 6.07) is 0.840. The van der Waals surface area contributed by atoms with Gasteiger partial charge in [-0.05, 0) is 25.3 Å². The molecule has 3 atom stereocenters. The first-order valence-corrected chi connectivity index (χ1v) is 6.97. The van der Waals surface area contributed by atoms with E-state index in [2.05, 4.69) is 9.97 Å². The maximum absolute atomic E-state index is 11.9. The zero-order valence-corrected chi connectivity index (χ0v) is 12.7. The lowest BCUT2D eigenvalue weighted by atomic mass is 9.94. The zero-order chi connectivity index (χ0) is 16.9. The average Bonchev–Trinajstić information content (AvgIpc) is 2.41. The van der Waals surface area contributed by atoms with Gasteiger partial charge in [-0.3, -0.25) is 0 Å². The van der Waals surface area contributed by atoms with Gasteiger partial charge in [0.05, 0.1) is 12.2 Å². The number of alkyl halides is 3. The highest BCUT2D eigenvalue weighted by Gasteiger charge is 2.33. The third-order valence-corrected chi connectivity index (χ3v) is 3.18. The molecule has 0 aromatic carbocycles. The molecule has 1 fully saturated rings. The first-order chi connectivity index (χ1) is 10.1. The molecule has 126 valence electrons. The van der Waals surface area contributed by atoms with Gasteiger partial charge in [-0.25, -0.2) is 9.97 Å². The lowest BCUT2D eigenvalue weighted by Crippen LogP contribution is -2.46. The van der Waals surface area contributed by atoms with Crippen molar-refractivity contribution in [3.8, 4) is 0 Å². The SMILES string of the molecule is CC(C)C1OCCC(O)C1O.Cc1nccc(C(F)(F)F)n1. The summed E-state index contributed by atoms with van der Waals surface area (Å²) in [5.74, 6) is 0.389. The van der Waals surface area contributed by atoms with Gasteiger partial charge in [0.1, 0.15) is 17.6 Å². The third kappa shape index (κ3) is 5.51. The molecule has 0 saturated carbocycles. The average molecular weight is 322 g/mol. The minimum atomic E-state index is -4.37. The van der Waals surface area contributed by atoms with E-state index in [9.17, 15) is 23.4 Å². The molecule has 0 amide bonds. The molecule has 1 aromatic rings. The van der Waals surface area contributed by atoms with Gasteiger partial charge in [-0.15, -0.1) is 0 Å². The third-order valence-electron chi connectivity index (χ3n) is 3.18. The number of hydrogen-bond acceptors (Lipinski definition) is 5. The van der Waals surface area contributed by atoms with Crippen LogP contribution in [0.4, 0.5) is 13.2 Å². The molecule has 8 heteroatoms. The molecule has 1 saturated heterocycles. The van der Waals surface area contributed by atoms with Gasteiger partial charge < -0.3 is 14.9 Å². The highest BCUT2D eigenvalue weighted by molar-refractivity contribution is 5.05. The number of aromatic nitrogens is 2. The quantitative estimate of drug-likeness (QED) is 0.827. The Morgan fingerprint density at radius 2 is 1.95 bits per heavy atom. The molecule has 5 nitrogen and oxygen atoms in total. The highest BCUT2D eigenvalue weighted by Crippen LogP contribution is 2.26. The van der Waals surface area contributed by atoms with Crippen LogP contribution < -0.4 is 0 Å². The van der Waals surface area contributed by atoms with Crippen LogP contribution in [-0.2, 0) is 10.9 Å². The summed E-state index contributed by atoms with van der Waals surface area (Å²) >= 11 is 0. The molecule has 0 aliphatic carbocycles. The molecule has 0 spiro atoms. The number of aliphatic hydroxyl groups excluding tert-OH is 2. The topological polar surface area (TPSA) is 75.5 Å². The number of ether oxygens (including phenoxy) is 1. The van der Waals surface area contributed by atoms with Gasteiger partial charge in [0.2, 0.25) is 0 Å². The molecular weight excluding hydrogens is 301 g/mol. The van der Waals surface area contributed by atoms with Crippen molar-refractivity contribution in [2.75, 3.05) is 6.61 Å². The number of hydrogen-bond donors (Lipinski definition) is 2. The van der Waals surface area contributed by atoms with E-state index in [4.69, 9.17) is 4.74 Å². The largest absolute Gasteiger partial charge is 0.433 e. The van der Waals surface area contributed by atoms with E-state index in [-0.39, 0.29) is 17.8 Å². The first-order valence-electron chi connectivity index (χ1n) is 6.97. The second-order valence-corrected chi connectivity index (χ2v) is 5.41. The second-order valence-electron chi connectivity index (χ2n) is 5.41. The van der Waals surface area contributed by atoms with Gasteiger partial charge in [-0.1, -0.05) is 13.8 Å². The normalized spacial score (nSPS) is 25.6. The molecule has 2 N–H and O–H groups in total. The van der Waals surface area contributed by atoms with Gasteiger partial charge >= 0.3 is 6.18 Å².